The van der Waals surface area contributed by atoms with E-state index >= 15 is 0 Å². The molecule has 0 amide bonds. The maximum atomic E-state index is 5.53. The third kappa shape index (κ3) is 2.23. The molecule has 0 bridgehead atoms. The topological polar surface area (TPSA) is 62.1 Å². The molecule has 3 heterocycles. The Bertz CT molecular complexity index is 1140. The maximum Gasteiger partial charge on any atom is 0.231 e. The molecular weight excluding hydrogens is 328 g/mol. The summed E-state index contributed by atoms with van der Waals surface area (Å²) in [6.07, 6.45) is 0. The van der Waals surface area contributed by atoms with Crippen molar-refractivity contribution in [1.82, 2.24) is 19.7 Å². The lowest BCUT2D eigenvalue weighted by molar-refractivity contribution is 0.174. The zero-order valence-electron chi connectivity index (χ0n) is 14.4. The first-order chi connectivity index (χ1) is 12.7. The smallest absolute Gasteiger partial charge is 0.231 e. The van der Waals surface area contributed by atoms with Crippen LogP contribution in [0, 0.1) is 6.92 Å². The summed E-state index contributed by atoms with van der Waals surface area (Å²) < 4.78 is 12.8. The molecule has 0 atom stereocenters. The predicted octanol–water partition coefficient (Wildman–Crippen LogP) is 3.73. The second-order valence-electron chi connectivity index (χ2n) is 6.24. The number of fused-ring (bicyclic) bond motifs is 2. The van der Waals surface area contributed by atoms with Crippen molar-refractivity contribution in [3.63, 3.8) is 0 Å². The van der Waals surface area contributed by atoms with E-state index in [0.717, 1.165) is 45.0 Å². The minimum atomic E-state index is 0.248. The molecule has 0 saturated carbocycles. The van der Waals surface area contributed by atoms with Gasteiger partial charge in [0.05, 0.1) is 5.69 Å². The number of hydrogen-bond donors (Lipinski definition) is 0. The lowest BCUT2D eigenvalue weighted by Gasteiger charge is -2.09. The van der Waals surface area contributed by atoms with E-state index in [1.54, 1.807) is 0 Å². The van der Waals surface area contributed by atoms with E-state index < -0.39 is 0 Å². The molecule has 0 radical (unpaired) electrons. The number of hydrogen-bond acceptors (Lipinski definition) is 5. The lowest BCUT2D eigenvalue weighted by atomic mass is 10.1. The van der Waals surface area contributed by atoms with Crippen LogP contribution in [0.3, 0.4) is 0 Å². The molecule has 0 saturated heterocycles. The maximum absolute atomic E-state index is 5.53. The average Bonchev–Trinajstić information content (AvgIpc) is 3.25. The quantitative estimate of drug-likeness (QED) is 0.554. The van der Waals surface area contributed by atoms with Crippen molar-refractivity contribution < 1.29 is 9.47 Å². The Morgan fingerprint density at radius 3 is 2.58 bits per heavy atom. The second-order valence-corrected chi connectivity index (χ2v) is 6.24. The minimum absolute atomic E-state index is 0.248. The Balaban J connectivity index is 1.80. The summed E-state index contributed by atoms with van der Waals surface area (Å²) in [4.78, 5) is 9.65. The first kappa shape index (κ1) is 14.9. The highest BCUT2D eigenvalue weighted by atomic mass is 16.7. The number of aryl methyl sites for hydroxylation is 2. The average molecular weight is 344 g/mol. The van der Waals surface area contributed by atoms with E-state index in [0.29, 0.717) is 5.82 Å². The SMILES string of the molecule is Cc1nn(C)c2c(-c3ccc4c(c3)OCO4)nc(-c3ccccc3)nc12. The van der Waals surface area contributed by atoms with Crippen LogP contribution in [0.1, 0.15) is 5.69 Å². The first-order valence-corrected chi connectivity index (χ1v) is 8.37. The normalized spacial score (nSPS) is 12.7. The van der Waals surface area contributed by atoms with Gasteiger partial charge in [-0.1, -0.05) is 30.3 Å². The molecule has 1 aliphatic heterocycles. The van der Waals surface area contributed by atoms with Crippen LogP contribution in [0.4, 0.5) is 0 Å². The largest absolute Gasteiger partial charge is 0.454 e. The molecule has 2 aromatic heterocycles. The molecule has 6 heteroatoms. The Labute approximate surface area is 150 Å². The number of aromatic nitrogens is 4. The van der Waals surface area contributed by atoms with Gasteiger partial charge in [0.1, 0.15) is 16.7 Å². The molecule has 0 spiro atoms. The van der Waals surface area contributed by atoms with Crippen LogP contribution < -0.4 is 9.47 Å². The Kier molecular flexibility index (Phi) is 3.18. The van der Waals surface area contributed by atoms with Crippen molar-refractivity contribution in [2.24, 2.45) is 7.05 Å². The third-order valence-electron chi connectivity index (χ3n) is 4.53. The molecule has 2 aromatic carbocycles. The van der Waals surface area contributed by atoms with E-state index in [9.17, 15) is 0 Å². The van der Waals surface area contributed by atoms with Crippen molar-refractivity contribution in [1.29, 1.82) is 0 Å². The van der Waals surface area contributed by atoms with Crippen molar-refractivity contribution in [3.8, 4) is 34.1 Å². The van der Waals surface area contributed by atoms with Crippen LogP contribution in [0.5, 0.6) is 11.5 Å². The van der Waals surface area contributed by atoms with Crippen molar-refractivity contribution in [2.45, 2.75) is 6.92 Å². The fraction of sp³-hybridized carbons (Fsp3) is 0.150. The van der Waals surface area contributed by atoms with E-state index in [1.165, 1.54) is 0 Å². The second kappa shape index (κ2) is 5.56. The molecule has 6 nitrogen and oxygen atoms in total. The van der Waals surface area contributed by atoms with Gasteiger partial charge in [-0.2, -0.15) is 5.10 Å². The van der Waals surface area contributed by atoms with E-state index in [2.05, 4.69) is 5.10 Å². The zero-order valence-corrected chi connectivity index (χ0v) is 14.4. The van der Waals surface area contributed by atoms with Crippen LogP contribution in [-0.2, 0) is 7.05 Å². The Morgan fingerprint density at radius 2 is 1.73 bits per heavy atom. The molecule has 26 heavy (non-hydrogen) atoms. The lowest BCUT2D eigenvalue weighted by Crippen LogP contribution is -1.98. The summed E-state index contributed by atoms with van der Waals surface area (Å²) in [6, 6.07) is 15.8. The van der Waals surface area contributed by atoms with Gasteiger partial charge in [-0.05, 0) is 25.1 Å². The highest BCUT2D eigenvalue weighted by Gasteiger charge is 2.20. The molecule has 1 aliphatic rings. The molecule has 128 valence electrons. The summed E-state index contributed by atoms with van der Waals surface area (Å²) in [5.74, 6) is 2.17. The summed E-state index contributed by atoms with van der Waals surface area (Å²) in [6.45, 7) is 2.21. The fourth-order valence-electron chi connectivity index (χ4n) is 3.30. The number of rotatable bonds is 2. The van der Waals surface area contributed by atoms with Crippen LogP contribution in [-0.4, -0.2) is 26.5 Å². The number of ether oxygens (including phenoxy) is 2. The van der Waals surface area contributed by atoms with E-state index in [4.69, 9.17) is 19.4 Å². The molecule has 5 rings (SSSR count). The zero-order chi connectivity index (χ0) is 17.7. The van der Waals surface area contributed by atoms with Gasteiger partial charge in [0.2, 0.25) is 6.79 Å². The highest BCUT2D eigenvalue weighted by Crippen LogP contribution is 2.38. The van der Waals surface area contributed by atoms with Gasteiger partial charge < -0.3 is 9.47 Å². The Hall–Kier alpha value is -3.41. The van der Waals surface area contributed by atoms with Gasteiger partial charge in [-0.15, -0.1) is 0 Å². The van der Waals surface area contributed by atoms with Gasteiger partial charge in [0, 0.05) is 18.2 Å². The highest BCUT2D eigenvalue weighted by molar-refractivity contribution is 5.92. The Morgan fingerprint density at radius 1 is 0.923 bits per heavy atom. The minimum Gasteiger partial charge on any atom is -0.454 e. The molecule has 0 aliphatic carbocycles. The summed E-state index contributed by atoms with van der Waals surface area (Å²) in [5.41, 5.74) is 5.39. The number of nitrogens with zero attached hydrogens (tertiary/aromatic N) is 4. The van der Waals surface area contributed by atoms with Gasteiger partial charge >= 0.3 is 0 Å². The van der Waals surface area contributed by atoms with Crippen LogP contribution in [0.25, 0.3) is 33.7 Å². The van der Waals surface area contributed by atoms with Crippen molar-refractivity contribution in [3.05, 3.63) is 54.2 Å². The van der Waals surface area contributed by atoms with Gasteiger partial charge in [-0.3, -0.25) is 4.68 Å². The van der Waals surface area contributed by atoms with Crippen LogP contribution in [0.2, 0.25) is 0 Å². The molecule has 0 unspecified atom stereocenters. The van der Waals surface area contributed by atoms with Crippen molar-refractivity contribution >= 4 is 11.0 Å². The van der Waals surface area contributed by atoms with Crippen LogP contribution in [0.15, 0.2) is 48.5 Å². The fourth-order valence-corrected chi connectivity index (χ4v) is 3.30. The molecular formula is C20H16N4O2. The predicted molar refractivity (Wildman–Crippen MR) is 98.0 cm³/mol. The number of benzene rings is 2. The summed E-state index contributed by atoms with van der Waals surface area (Å²) >= 11 is 0. The monoisotopic (exact) mass is 344 g/mol. The van der Waals surface area contributed by atoms with Crippen LogP contribution >= 0.6 is 0 Å². The van der Waals surface area contributed by atoms with E-state index in [-0.39, 0.29) is 6.79 Å². The standard InChI is InChI=1S/C20H16N4O2/c1-12-17-19(24(2)23-12)18(14-8-9-15-16(10-14)26-11-25-15)22-20(21-17)13-6-4-3-5-7-13/h3-10H,11H2,1-2H3. The summed E-state index contributed by atoms with van der Waals surface area (Å²) in [5, 5.41) is 4.54. The molecule has 0 fully saturated rings. The molecule has 0 N–H and O–H groups in total. The first-order valence-electron chi connectivity index (χ1n) is 8.37. The van der Waals surface area contributed by atoms with E-state index in [1.807, 2.05) is 67.2 Å². The van der Waals surface area contributed by atoms with Gasteiger partial charge in [-0.25, -0.2) is 9.97 Å². The summed E-state index contributed by atoms with van der Waals surface area (Å²) in [7, 11) is 1.91. The third-order valence-corrected chi connectivity index (χ3v) is 4.53. The van der Waals surface area contributed by atoms with Crippen molar-refractivity contribution in [2.75, 3.05) is 6.79 Å². The van der Waals surface area contributed by atoms with Gasteiger partial charge in [0.25, 0.3) is 0 Å². The molecule has 4 aromatic rings. The van der Waals surface area contributed by atoms with Gasteiger partial charge in [0.15, 0.2) is 17.3 Å².